The van der Waals surface area contributed by atoms with Crippen molar-refractivity contribution in [2.75, 3.05) is 13.7 Å². The SMILES string of the molecule is COc1cccc(C(C#N)N2CCC(c3ccccc3)=N2)c1O. The second-order valence-corrected chi connectivity index (χ2v) is 5.26. The first kappa shape index (κ1) is 14.9. The zero-order valence-corrected chi connectivity index (χ0v) is 12.8. The largest absolute Gasteiger partial charge is 0.504 e. The number of hydrazone groups is 1. The first-order chi connectivity index (χ1) is 11.2. The molecule has 1 aliphatic heterocycles. The molecule has 23 heavy (non-hydrogen) atoms. The fourth-order valence-electron chi connectivity index (χ4n) is 2.72. The molecule has 0 amide bonds. The Balaban J connectivity index is 1.92. The van der Waals surface area contributed by atoms with Crippen molar-refractivity contribution >= 4 is 5.71 Å². The molecule has 2 aromatic carbocycles. The van der Waals surface area contributed by atoms with E-state index in [9.17, 15) is 10.4 Å². The van der Waals surface area contributed by atoms with Crippen molar-refractivity contribution in [1.82, 2.24) is 5.01 Å². The zero-order valence-electron chi connectivity index (χ0n) is 12.8. The van der Waals surface area contributed by atoms with Crippen molar-refractivity contribution in [2.24, 2.45) is 5.10 Å². The normalized spacial score (nSPS) is 15.0. The van der Waals surface area contributed by atoms with Crippen molar-refractivity contribution in [2.45, 2.75) is 12.5 Å². The summed E-state index contributed by atoms with van der Waals surface area (Å²) in [7, 11) is 1.49. The molecule has 116 valence electrons. The Bertz CT molecular complexity index is 766. The van der Waals surface area contributed by atoms with Crippen molar-refractivity contribution in [3.05, 3.63) is 59.7 Å². The average Bonchev–Trinajstić information content (AvgIpc) is 3.08. The minimum absolute atomic E-state index is 0.00934. The summed E-state index contributed by atoms with van der Waals surface area (Å²) < 4.78 is 5.12. The number of rotatable bonds is 4. The van der Waals surface area contributed by atoms with Crippen LogP contribution in [0.2, 0.25) is 0 Å². The summed E-state index contributed by atoms with van der Waals surface area (Å²) >= 11 is 0. The van der Waals surface area contributed by atoms with Gasteiger partial charge in [-0.1, -0.05) is 42.5 Å². The maximum absolute atomic E-state index is 10.3. The molecule has 1 aliphatic rings. The molecule has 1 unspecified atom stereocenters. The lowest BCUT2D eigenvalue weighted by atomic mass is 10.1. The quantitative estimate of drug-likeness (QED) is 0.942. The summed E-state index contributed by atoms with van der Waals surface area (Å²) in [6.45, 7) is 0.638. The molecule has 5 heteroatoms. The van der Waals surface area contributed by atoms with Crippen molar-refractivity contribution in [1.29, 1.82) is 5.26 Å². The fraction of sp³-hybridized carbons (Fsp3) is 0.222. The fourth-order valence-corrected chi connectivity index (χ4v) is 2.72. The Morgan fingerprint density at radius 2 is 2.00 bits per heavy atom. The number of para-hydroxylation sites is 1. The van der Waals surface area contributed by atoms with Crippen LogP contribution in [-0.4, -0.2) is 29.5 Å². The van der Waals surface area contributed by atoms with Crippen LogP contribution in [0, 0.1) is 11.3 Å². The van der Waals surface area contributed by atoms with Gasteiger partial charge in [-0.05, 0) is 11.6 Å². The molecule has 2 aromatic rings. The summed E-state index contributed by atoms with van der Waals surface area (Å²) in [4.78, 5) is 0. The number of methoxy groups -OCH3 is 1. The lowest BCUT2D eigenvalue weighted by Gasteiger charge is -2.21. The Labute approximate surface area is 135 Å². The number of hydrogen-bond donors (Lipinski definition) is 1. The third kappa shape index (κ3) is 2.84. The molecule has 0 bridgehead atoms. The molecule has 0 radical (unpaired) electrons. The van der Waals surface area contributed by atoms with Gasteiger partial charge in [0.2, 0.25) is 0 Å². The predicted molar refractivity (Wildman–Crippen MR) is 87.3 cm³/mol. The van der Waals surface area contributed by atoms with Crippen LogP contribution in [0.4, 0.5) is 0 Å². The molecular weight excluding hydrogens is 290 g/mol. The molecule has 0 fully saturated rings. The van der Waals surface area contributed by atoms with Gasteiger partial charge in [-0.15, -0.1) is 0 Å². The Kier molecular flexibility index (Phi) is 4.15. The topological polar surface area (TPSA) is 68.8 Å². The standard InChI is InChI=1S/C18H17N3O2/c1-23-17-9-5-8-14(18(17)22)16(12-19)21-11-10-15(20-21)13-6-3-2-4-7-13/h2-9,16,22H,10-11H2,1H3. The van der Waals surface area contributed by atoms with Gasteiger partial charge in [0, 0.05) is 18.5 Å². The third-order valence-electron chi connectivity index (χ3n) is 3.90. The molecule has 1 atom stereocenters. The van der Waals surface area contributed by atoms with E-state index >= 15 is 0 Å². The van der Waals surface area contributed by atoms with Gasteiger partial charge < -0.3 is 9.84 Å². The number of nitriles is 1. The number of benzene rings is 2. The van der Waals surface area contributed by atoms with Crippen LogP contribution in [0.25, 0.3) is 0 Å². The van der Waals surface area contributed by atoms with Crippen LogP contribution in [0.15, 0.2) is 53.6 Å². The van der Waals surface area contributed by atoms with Gasteiger partial charge in [0.05, 0.1) is 18.9 Å². The molecular formula is C18H17N3O2. The Morgan fingerprint density at radius 3 is 2.70 bits per heavy atom. The van der Waals surface area contributed by atoms with E-state index < -0.39 is 6.04 Å². The van der Waals surface area contributed by atoms with Crippen molar-refractivity contribution in [3.63, 3.8) is 0 Å². The summed E-state index contributed by atoms with van der Waals surface area (Å²) in [5.41, 5.74) is 2.51. The number of phenolic OH excluding ortho intramolecular Hbond substituents is 1. The second-order valence-electron chi connectivity index (χ2n) is 5.26. The van der Waals surface area contributed by atoms with E-state index in [1.807, 2.05) is 30.3 Å². The highest BCUT2D eigenvalue weighted by atomic mass is 16.5. The molecule has 0 aliphatic carbocycles. The highest BCUT2D eigenvalue weighted by Crippen LogP contribution is 2.36. The smallest absolute Gasteiger partial charge is 0.164 e. The third-order valence-corrected chi connectivity index (χ3v) is 3.90. The minimum atomic E-state index is -0.647. The number of ether oxygens (including phenoxy) is 1. The summed E-state index contributed by atoms with van der Waals surface area (Å²) in [6.07, 6.45) is 0.771. The lowest BCUT2D eigenvalue weighted by molar-refractivity contribution is 0.267. The van der Waals surface area contributed by atoms with Gasteiger partial charge in [0.1, 0.15) is 0 Å². The maximum Gasteiger partial charge on any atom is 0.164 e. The minimum Gasteiger partial charge on any atom is -0.504 e. The van der Waals surface area contributed by atoms with Crippen LogP contribution in [0.1, 0.15) is 23.6 Å². The van der Waals surface area contributed by atoms with E-state index in [2.05, 4.69) is 11.2 Å². The number of hydrogen-bond acceptors (Lipinski definition) is 5. The second kappa shape index (κ2) is 6.41. The number of phenols is 1. The monoisotopic (exact) mass is 307 g/mol. The van der Waals surface area contributed by atoms with Gasteiger partial charge in [0.25, 0.3) is 0 Å². The molecule has 1 N–H and O–H groups in total. The first-order valence-electron chi connectivity index (χ1n) is 7.39. The summed E-state index contributed by atoms with van der Waals surface area (Å²) in [5.74, 6) is 0.346. The number of aromatic hydroxyl groups is 1. The van der Waals surface area contributed by atoms with Gasteiger partial charge in [-0.25, -0.2) is 0 Å². The molecule has 0 spiro atoms. The van der Waals surface area contributed by atoms with E-state index in [1.165, 1.54) is 7.11 Å². The molecule has 3 rings (SSSR count). The van der Waals surface area contributed by atoms with E-state index in [0.29, 0.717) is 17.9 Å². The summed E-state index contributed by atoms with van der Waals surface area (Å²) in [6, 6.07) is 16.6. The predicted octanol–water partition coefficient (Wildman–Crippen LogP) is 3.08. The average molecular weight is 307 g/mol. The highest BCUT2D eigenvalue weighted by molar-refractivity contribution is 6.01. The lowest BCUT2D eigenvalue weighted by Crippen LogP contribution is -2.20. The van der Waals surface area contributed by atoms with E-state index in [4.69, 9.17) is 4.74 Å². The molecule has 0 saturated carbocycles. The van der Waals surface area contributed by atoms with Crippen molar-refractivity contribution in [3.8, 4) is 17.6 Å². The zero-order chi connectivity index (χ0) is 16.2. The van der Waals surface area contributed by atoms with Gasteiger partial charge >= 0.3 is 0 Å². The Hall–Kier alpha value is -3.00. The van der Waals surface area contributed by atoms with Crippen LogP contribution < -0.4 is 4.74 Å². The van der Waals surface area contributed by atoms with Crippen LogP contribution in [-0.2, 0) is 0 Å². The molecule has 0 aromatic heterocycles. The first-order valence-corrected chi connectivity index (χ1v) is 7.39. The maximum atomic E-state index is 10.3. The van der Waals surface area contributed by atoms with Crippen molar-refractivity contribution < 1.29 is 9.84 Å². The Morgan fingerprint density at radius 1 is 1.22 bits per heavy atom. The summed E-state index contributed by atoms with van der Waals surface area (Å²) in [5, 5.41) is 26.2. The van der Waals surface area contributed by atoms with E-state index in [-0.39, 0.29) is 5.75 Å². The van der Waals surface area contributed by atoms with Crippen LogP contribution >= 0.6 is 0 Å². The number of nitrogens with zero attached hydrogens (tertiary/aromatic N) is 3. The highest BCUT2D eigenvalue weighted by Gasteiger charge is 2.27. The molecule has 0 saturated heterocycles. The van der Waals surface area contributed by atoms with Crippen LogP contribution in [0.3, 0.4) is 0 Å². The molecule has 5 nitrogen and oxygen atoms in total. The van der Waals surface area contributed by atoms with Gasteiger partial charge in [0.15, 0.2) is 17.5 Å². The van der Waals surface area contributed by atoms with E-state index in [0.717, 1.165) is 17.7 Å². The van der Waals surface area contributed by atoms with Gasteiger partial charge in [-0.3, -0.25) is 5.01 Å². The van der Waals surface area contributed by atoms with Gasteiger partial charge in [-0.2, -0.15) is 10.4 Å². The van der Waals surface area contributed by atoms with E-state index in [1.54, 1.807) is 23.2 Å². The molecule has 1 heterocycles. The van der Waals surface area contributed by atoms with Crippen LogP contribution in [0.5, 0.6) is 11.5 Å².